The van der Waals surface area contributed by atoms with Gasteiger partial charge in [0.05, 0.1) is 15.9 Å². The summed E-state index contributed by atoms with van der Waals surface area (Å²) in [6.07, 6.45) is 0. The first-order chi connectivity index (χ1) is 10.0. The van der Waals surface area contributed by atoms with Gasteiger partial charge in [-0.05, 0) is 41.5 Å². The van der Waals surface area contributed by atoms with Crippen LogP contribution in [0.15, 0.2) is 22.7 Å². The Bertz CT molecular complexity index is 628. The zero-order chi connectivity index (χ0) is 15.4. The van der Waals surface area contributed by atoms with Gasteiger partial charge in [-0.1, -0.05) is 24.6 Å². The summed E-state index contributed by atoms with van der Waals surface area (Å²) in [4.78, 5) is 0. The molecule has 6 heteroatoms. The average Bonchev–Trinajstić information content (AvgIpc) is 2.69. The molecule has 114 valence electrons. The topological polar surface area (TPSA) is 39.1 Å². The molecule has 0 spiro atoms. The maximum Gasteiger partial charge on any atom is 0.131 e. The van der Waals surface area contributed by atoms with Crippen LogP contribution in [0.4, 0.5) is 0 Å². The summed E-state index contributed by atoms with van der Waals surface area (Å²) in [6.45, 7) is 6.04. The minimum Gasteiger partial charge on any atom is -0.487 e. The summed E-state index contributed by atoms with van der Waals surface area (Å²) >= 11 is 9.81. The standard InChI is InChI=1S/C15H19BrClN3O/c1-4-18-8-11-12(17)6-5-7-14(11)21-9-13-15(16)10(2)19-20(13)3/h5-7,18H,4,8-9H2,1-3H3. The molecule has 0 atom stereocenters. The van der Waals surface area contributed by atoms with Gasteiger partial charge in [-0.2, -0.15) is 5.10 Å². The summed E-state index contributed by atoms with van der Waals surface area (Å²) in [5.74, 6) is 0.800. The highest BCUT2D eigenvalue weighted by Gasteiger charge is 2.13. The van der Waals surface area contributed by atoms with E-state index < -0.39 is 0 Å². The number of halogens is 2. The van der Waals surface area contributed by atoms with Crippen molar-refractivity contribution in [2.75, 3.05) is 6.54 Å². The highest BCUT2D eigenvalue weighted by molar-refractivity contribution is 9.10. The van der Waals surface area contributed by atoms with Gasteiger partial charge in [-0.15, -0.1) is 0 Å². The number of hydrogen-bond donors (Lipinski definition) is 1. The molecule has 1 aromatic heterocycles. The van der Waals surface area contributed by atoms with Gasteiger partial charge >= 0.3 is 0 Å². The summed E-state index contributed by atoms with van der Waals surface area (Å²) in [6, 6.07) is 5.72. The molecule has 4 nitrogen and oxygen atoms in total. The second-order valence-electron chi connectivity index (χ2n) is 4.76. The molecule has 0 unspecified atom stereocenters. The van der Waals surface area contributed by atoms with Crippen LogP contribution in [0, 0.1) is 6.92 Å². The molecular weight excluding hydrogens is 354 g/mol. The SMILES string of the molecule is CCNCc1c(Cl)cccc1OCc1c(Br)c(C)nn1C. The van der Waals surface area contributed by atoms with Crippen LogP contribution in [-0.4, -0.2) is 16.3 Å². The van der Waals surface area contributed by atoms with Crippen molar-refractivity contribution in [2.45, 2.75) is 27.0 Å². The second kappa shape index (κ2) is 7.29. The fourth-order valence-electron chi connectivity index (χ4n) is 2.08. The first kappa shape index (κ1) is 16.3. The predicted molar refractivity (Wildman–Crippen MR) is 88.8 cm³/mol. The Hall–Kier alpha value is -1.04. The molecule has 0 aliphatic rings. The van der Waals surface area contributed by atoms with E-state index in [1.165, 1.54) is 0 Å². The second-order valence-corrected chi connectivity index (χ2v) is 5.96. The van der Waals surface area contributed by atoms with Crippen molar-refractivity contribution in [1.82, 2.24) is 15.1 Å². The van der Waals surface area contributed by atoms with Crippen LogP contribution in [0.5, 0.6) is 5.75 Å². The number of ether oxygens (including phenoxy) is 1. The number of hydrogen-bond acceptors (Lipinski definition) is 3. The van der Waals surface area contributed by atoms with Gasteiger partial charge in [0, 0.05) is 24.2 Å². The van der Waals surface area contributed by atoms with Crippen molar-refractivity contribution < 1.29 is 4.74 Å². The zero-order valence-corrected chi connectivity index (χ0v) is 14.8. The van der Waals surface area contributed by atoms with Crippen LogP contribution in [0.3, 0.4) is 0 Å². The Balaban J connectivity index is 2.18. The molecule has 0 aliphatic heterocycles. The zero-order valence-electron chi connectivity index (χ0n) is 12.4. The lowest BCUT2D eigenvalue weighted by molar-refractivity contribution is 0.290. The normalized spacial score (nSPS) is 10.9. The first-order valence-corrected chi connectivity index (χ1v) is 8.00. The van der Waals surface area contributed by atoms with Gasteiger partial charge in [0.15, 0.2) is 0 Å². The van der Waals surface area contributed by atoms with Crippen molar-refractivity contribution in [3.63, 3.8) is 0 Å². The molecule has 21 heavy (non-hydrogen) atoms. The van der Waals surface area contributed by atoms with Gasteiger partial charge in [0.1, 0.15) is 12.4 Å². The first-order valence-electron chi connectivity index (χ1n) is 6.83. The summed E-state index contributed by atoms with van der Waals surface area (Å²) in [5, 5.41) is 8.36. The number of benzene rings is 1. The van der Waals surface area contributed by atoms with Crippen LogP contribution in [0.2, 0.25) is 5.02 Å². The van der Waals surface area contributed by atoms with E-state index in [2.05, 4.69) is 33.3 Å². The number of aromatic nitrogens is 2. The molecule has 1 aromatic carbocycles. The number of rotatable bonds is 6. The van der Waals surface area contributed by atoms with Crippen molar-refractivity contribution in [3.05, 3.63) is 44.6 Å². The van der Waals surface area contributed by atoms with Crippen LogP contribution >= 0.6 is 27.5 Å². The van der Waals surface area contributed by atoms with Crippen LogP contribution in [0.1, 0.15) is 23.9 Å². The van der Waals surface area contributed by atoms with Gasteiger partial charge in [-0.3, -0.25) is 4.68 Å². The third-order valence-corrected chi connectivity index (χ3v) is 4.64. The molecular formula is C15H19BrClN3O. The summed E-state index contributed by atoms with van der Waals surface area (Å²) in [5.41, 5.74) is 2.94. The lowest BCUT2D eigenvalue weighted by atomic mass is 10.2. The Morgan fingerprint density at radius 1 is 1.43 bits per heavy atom. The summed E-state index contributed by atoms with van der Waals surface area (Å²) < 4.78 is 8.77. The lowest BCUT2D eigenvalue weighted by Gasteiger charge is -2.13. The highest BCUT2D eigenvalue weighted by Crippen LogP contribution is 2.28. The summed E-state index contributed by atoms with van der Waals surface area (Å²) in [7, 11) is 1.91. The number of aryl methyl sites for hydroxylation is 2. The van der Waals surface area contributed by atoms with E-state index in [4.69, 9.17) is 16.3 Å². The van der Waals surface area contributed by atoms with Crippen molar-refractivity contribution in [2.24, 2.45) is 7.05 Å². The molecule has 0 amide bonds. The fourth-order valence-corrected chi connectivity index (χ4v) is 2.76. The highest BCUT2D eigenvalue weighted by atomic mass is 79.9. The quantitative estimate of drug-likeness (QED) is 0.837. The van der Waals surface area contributed by atoms with Gasteiger partial charge in [0.2, 0.25) is 0 Å². The third-order valence-electron chi connectivity index (χ3n) is 3.25. The third kappa shape index (κ3) is 3.78. The van der Waals surface area contributed by atoms with Crippen LogP contribution in [-0.2, 0) is 20.2 Å². The largest absolute Gasteiger partial charge is 0.487 e. The van der Waals surface area contributed by atoms with Crippen molar-refractivity contribution in [3.8, 4) is 5.75 Å². The van der Waals surface area contributed by atoms with Gasteiger partial charge < -0.3 is 10.1 Å². The van der Waals surface area contributed by atoms with E-state index >= 15 is 0 Å². The Labute approximate surface area is 138 Å². The van der Waals surface area contributed by atoms with Gasteiger partial charge in [0.25, 0.3) is 0 Å². The molecule has 0 radical (unpaired) electrons. The Morgan fingerprint density at radius 2 is 2.19 bits per heavy atom. The van der Waals surface area contributed by atoms with E-state index in [0.29, 0.717) is 18.2 Å². The Morgan fingerprint density at radius 3 is 2.81 bits per heavy atom. The lowest BCUT2D eigenvalue weighted by Crippen LogP contribution is -2.13. The molecule has 0 fully saturated rings. The molecule has 2 aromatic rings. The minimum atomic E-state index is 0.442. The van der Waals surface area contributed by atoms with E-state index in [0.717, 1.165) is 33.7 Å². The monoisotopic (exact) mass is 371 g/mol. The van der Waals surface area contributed by atoms with Crippen LogP contribution in [0.25, 0.3) is 0 Å². The fraction of sp³-hybridized carbons (Fsp3) is 0.400. The van der Waals surface area contributed by atoms with Crippen molar-refractivity contribution in [1.29, 1.82) is 0 Å². The Kier molecular flexibility index (Phi) is 5.67. The minimum absolute atomic E-state index is 0.442. The van der Waals surface area contributed by atoms with Crippen LogP contribution < -0.4 is 10.1 Å². The molecule has 0 saturated heterocycles. The maximum absolute atomic E-state index is 6.27. The molecule has 0 bridgehead atoms. The number of nitrogens with zero attached hydrogens (tertiary/aromatic N) is 2. The van der Waals surface area contributed by atoms with E-state index in [-0.39, 0.29) is 0 Å². The smallest absolute Gasteiger partial charge is 0.131 e. The van der Waals surface area contributed by atoms with Gasteiger partial charge in [-0.25, -0.2) is 0 Å². The molecule has 1 N–H and O–H groups in total. The van der Waals surface area contributed by atoms with E-state index in [1.54, 1.807) is 0 Å². The number of nitrogens with one attached hydrogen (secondary N) is 1. The van der Waals surface area contributed by atoms with E-state index in [1.807, 2.05) is 36.9 Å². The maximum atomic E-state index is 6.27. The van der Waals surface area contributed by atoms with Crippen molar-refractivity contribution >= 4 is 27.5 Å². The average molecular weight is 373 g/mol. The van der Waals surface area contributed by atoms with E-state index in [9.17, 15) is 0 Å². The molecule has 1 heterocycles. The molecule has 0 aliphatic carbocycles. The molecule has 2 rings (SSSR count). The predicted octanol–water partition coefficient (Wildman–Crippen LogP) is 3.83. The molecule has 0 saturated carbocycles.